The van der Waals surface area contributed by atoms with Crippen molar-refractivity contribution in [3.63, 3.8) is 0 Å². The summed E-state index contributed by atoms with van der Waals surface area (Å²) >= 11 is 0. The van der Waals surface area contributed by atoms with Crippen LogP contribution in [0.2, 0.25) is 0 Å². The first-order valence-electron chi connectivity index (χ1n) is 4.97. The first kappa shape index (κ1) is 11.6. The molecular weight excluding hydrogens is 192 g/mol. The summed E-state index contributed by atoms with van der Waals surface area (Å²) in [6.07, 6.45) is 0.427. The van der Waals surface area contributed by atoms with Crippen LogP contribution in [0.25, 0.3) is 0 Å². The number of carbonyl (C=O) groups is 1. The molecule has 0 radical (unpaired) electrons. The van der Waals surface area contributed by atoms with Gasteiger partial charge in [0, 0.05) is 0 Å². The predicted octanol–water partition coefficient (Wildman–Crippen LogP) is 2.63. The molecule has 0 aromatic heterocycles. The van der Waals surface area contributed by atoms with Gasteiger partial charge in [0.25, 0.3) is 0 Å². The van der Waals surface area contributed by atoms with E-state index >= 15 is 0 Å². The molecule has 1 atom stereocenters. The van der Waals surface area contributed by atoms with E-state index in [1.807, 2.05) is 19.1 Å². The lowest BCUT2D eigenvalue weighted by Crippen LogP contribution is -2.40. The van der Waals surface area contributed by atoms with Crippen molar-refractivity contribution in [3.8, 4) is 5.75 Å². The smallest absolute Gasteiger partial charge is 0.347 e. The first-order chi connectivity index (χ1) is 6.98. The molecule has 1 N–H and O–H groups in total. The quantitative estimate of drug-likeness (QED) is 0.827. The van der Waals surface area contributed by atoms with E-state index in [9.17, 15) is 4.79 Å². The van der Waals surface area contributed by atoms with Crippen LogP contribution in [0.1, 0.15) is 25.8 Å². The number of benzene rings is 1. The van der Waals surface area contributed by atoms with Gasteiger partial charge in [0.2, 0.25) is 5.60 Å². The van der Waals surface area contributed by atoms with Crippen LogP contribution in [0, 0.1) is 6.92 Å². The first-order valence-corrected chi connectivity index (χ1v) is 4.97. The molecule has 82 valence electrons. The van der Waals surface area contributed by atoms with Crippen molar-refractivity contribution < 1.29 is 14.6 Å². The zero-order valence-electron chi connectivity index (χ0n) is 9.28. The lowest BCUT2D eigenvalue weighted by molar-refractivity contribution is -0.154. The van der Waals surface area contributed by atoms with E-state index in [-0.39, 0.29) is 0 Å². The molecule has 0 heterocycles. The Kier molecular flexibility index (Phi) is 3.35. The third-order valence-electron chi connectivity index (χ3n) is 2.49. The van der Waals surface area contributed by atoms with Crippen LogP contribution in [-0.2, 0) is 4.79 Å². The summed E-state index contributed by atoms with van der Waals surface area (Å²) in [5.74, 6) is -0.349. The largest absolute Gasteiger partial charge is 0.478 e. The van der Waals surface area contributed by atoms with Gasteiger partial charge >= 0.3 is 5.97 Å². The number of carboxylic acids is 1. The molecule has 0 spiro atoms. The third kappa shape index (κ3) is 2.72. The van der Waals surface area contributed by atoms with Crippen LogP contribution in [-0.4, -0.2) is 16.7 Å². The summed E-state index contributed by atoms with van der Waals surface area (Å²) in [5.41, 5.74) is -0.0224. The molecule has 0 aliphatic rings. The second kappa shape index (κ2) is 4.34. The fourth-order valence-corrected chi connectivity index (χ4v) is 1.13. The van der Waals surface area contributed by atoms with Gasteiger partial charge in [0.1, 0.15) is 5.75 Å². The minimum Gasteiger partial charge on any atom is -0.478 e. The van der Waals surface area contributed by atoms with Gasteiger partial charge in [-0.1, -0.05) is 24.6 Å². The van der Waals surface area contributed by atoms with E-state index in [2.05, 4.69) is 0 Å². The van der Waals surface area contributed by atoms with Gasteiger partial charge in [0.15, 0.2) is 0 Å². The van der Waals surface area contributed by atoms with Crippen LogP contribution in [0.4, 0.5) is 0 Å². The Bertz CT molecular complexity index is 342. The fraction of sp³-hybridized carbons (Fsp3) is 0.417. The molecule has 0 aliphatic heterocycles. The minimum absolute atomic E-state index is 0.427. The van der Waals surface area contributed by atoms with Gasteiger partial charge in [-0.2, -0.15) is 0 Å². The standard InChI is InChI=1S/C12H16O3/c1-4-12(3,11(13)14)15-10-7-5-9(2)6-8-10/h5-8H,4H2,1-3H3,(H,13,14). The Morgan fingerprint density at radius 2 is 1.93 bits per heavy atom. The minimum atomic E-state index is -1.14. The Labute approximate surface area is 89.7 Å². The Balaban J connectivity index is 2.84. The topological polar surface area (TPSA) is 46.5 Å². The molecule has 0 fully saturated rings. The SMILES string of the molecule is CCC(C)(Oc1ccc(C)cc1)C(=O)O. The summed E-state index contributed by atoms with van der Waals surface area (Å²) < 4.78 is 5.47. The van der Waals surface area contributed by atoms with Gasteiger partial charge in [-0.15, -0.1) is 0 Å². The summed E-state index contributed by atoms with van der Waals surface area (Å²) in [6, 6.07) is 7.36. The molecule has 15 heavy (non-hydrogen) atoms. The van der Waals surface area contributed by atoms with Crippen molar-refractivity contribution in [2.24, 2.45) is 0 Å². The monoisotopic (exact) mass is 208 g/mol. The van der Waals surface area contributed by atoms with E-state index in [1.165, 1.54) is 0 Å². The highest BCUT2D eigenvalue weighted by Crippen LogP contribution is 2.21. The van der Waals surface area contributed by atoms with Gasteiger partial charge in [-0.3, -0.25) is 0 Å². The van der Waals surface area contributed by atoms with Crippen molar-refractivity contribution in [3.05, 3.63) is 29.8 Å². The maximum absolute atomic E-state index is 11.0. The predicted molar refractivity (Wildman–Crippen MR) is 58.1 cm³/mol. The number of rotatable bonds is 4. The molecule has 1 aromatic rings. The third-order valence-corrected chi connectivity index (χ3v) is 2.49. The molecular formula is C12H16O3. The van der Waals surface area contributed by atoms with Crippen molar-refractivity contribution in [1.82, 2.24) is 0 Å². The van der Waals surface area contributed by atoms with Gasteiger partial charge in [-0.05, 0) is 32.4 Å². The number of aryl methyl sites for hydroxylation is 1. The average molecular weight is 208 g/mol. The maximum atomic E-state index is 11.0. The highest BCUT2D eigenvalue weighted by atomic mass is 16.5. The molecule has 3 heteroatoms. The number of ether oxygens (including phenoxy) is 1. The highest BCUT2D eigenvalue weighted by Gasteiger charge is 2.33. The molecule has 0 bridgehead atoms. The molecule has 0 saturated carbocycles. The Morgan fingerprint density at radius 1 is 1.40 bits per heavy atom. The molecule has 1 unspecified atom stereocenters. The van der Waals surface area contributed by atoms with Gasteiger partial charge in [0.05, 0.1) is 0 Å². The highest BCUT2D eigenvalue weighted by molar-refractivity contribution is 5.77. The summed E-state index contributed by atoms with van der Waals surface area (Å²) in [7, 11) is 0. The fourth-order valence-electron chi connectivity index (χ4n) is 1.13. The summed E-state index contributed by atoms with van der Waals surface area (Å²) in [5, 5.41) is 9.02. The van der Waals surface area contributed by atoms with Crippen molar-refractivity contribution in [2.75, 3.05) is 0 Å². The van der Waals surface area contributed by atoms with E-state index in [1.54, 1.807) is 26.0 Å². The van der Waals surface area contributed by atoms with E-state index in [0.29, 0.717) is 12.2 Å². The van der Waals surface area contributed by atoms with Crippen LogP contribution >= 0.6 is 0 Å². The number of hydrogen-bond donors (Lipinski definition) is 1. The Hall–Kier alpha value is -1.51. The van der Waals surface area contributed by atoms with Crippen molar-refractivity contribution in [2.45, 2.75) is 32.8 Å². The molecule has 3 nitrogen and oxygen atoms in total. The van der Waals surface area contributed by atoms with Crippen molar-refractivity contribution >= 4 is 5.97 Å². The molecule has 0 amide bonds. The molecule has 0 aliphatic carbocycles. The second-order valence-electron chi connectivity index (χ2n) is 3.80. The normalized spacial score (nSPS) is 14.3. The lowest BCUT2D eigenvalue weighted by Gasteiger charge is -2.24. The van der Waals surface area contributed by atoms with Crippen LogP contribution in [0.5, 0.6) is 5.75 Å². The molecule has 1 aromatic carbocycles. The van der Waals surface area contributed by atoms with Crippen molar-refractivity contribution in [1.29, 1.82) is 0 Å². The summed E-state index contributed by atoms with van der Waals surface area (Å²) in [4.78, 5) is 11.0. The molecule has 0 saturated heterocycles. The van der Waals surface area contributed by atoms with Crippen LogP contribution < -0.4 is 4.74 Å². The maximum Gasteiger partial charge on any atom is 0.347 e. The van der Waals surface area contributed by atoms with Crippen LogP contribution in [0.15, 0.2) is 24.3 Å². The van der Waals surface area contributed by atoms with E-state index < -0.39 is 11.6 Å². The Morgan fingerprint density at radius 3 is 2.33 bits per heavy atom. The zero-order valence-corrected chi connectivity index (χ0v) is 9.28. The van der Waals surface area contributed by atoms with Crippen LogP contribution in [0.3, 0.4) is 0 Å². The van der Waals surface area contributed by atoms with E-state index in [0.717, 1.165) is 5.56 Å². The number of aliphatic carboxylic acids is 1. The summed E-state index contributed by atoms with van der Waals surface area (Å²) in [6.45, 7) is 5.34. The van der Waals surface area contributed by atoms with Gasteiger partial charge < -0.3 is 9.84 Å². The number of carboxylic acid groups (broad SMARTS) is 1. The second-order valence-corrected chi connectivity index (χ2v) is 3.80. The lowest BCUT2D eigenvalue weighted by atomic mass is 10.0. The van der Waals surface area contributed by atoms with E-state index in [4.69, 9.17) is 9.84 Å². The van der Waals surface area contributed by atoms with Gasteiger partial charge in [-0.25, -0.2) is 4.79 Å². The number of hydrogen-bond acceptors (Lipinski definition) is 2. The zero-order chi connectivity index (χ0) is 11.5. The molecule has 1 rings (SSSR count). The average Bonchev–Trinajstić information content (AvgIpc) is 2.21.